The van der Waals surface area contributed by atoms with Gasteiger partial charge in [-0.2, -0.15) is 4.98 Å². The molecular weight excluding hydrogens is 420 g/mol. The Kier molecular flexibility index (Phi) is 4.65. The molecule has 3 aliphatic rings. The van der Waals surface area contributed by atoms with Gasteiger partial charge in [0.25, 0.3) is 0 Å². The number of anilines is 3. The van der Waals surface area contributed by atoms with Crippen molar-refractivity contribution in [3.8, 4) is 0 Å². The van der Waals surface area contributed by atoms with Gasteiger partial charge in [-0.3, -0.25) is 4.79 Å². The summed E-state index contributed by atoms with van der Waals surface area (Å²) in [4.78, 5) is 24.1. The normalized spacial score (nSPS) is 24.5. The van der Waals surface area contributed by atoms with Crippen LogP contribution in [0.4, 0.5) is 17.5 Å². The standard InChI is InChI=1S/C20H24N6O4S/c21-31(29,30)14-6-4-13(5-7-14)23-19-22-11-12-10-15-17(27)25-18(28)20(8-2-1-3-9-20)26(15)16(12)24-19/h4-7,11,15,17,27H,1-3,8-10H2,(H,25,28)(H2,21,29,30)(H,22,23,24). The number of piperazine rings is 1. The topological polar surface area (TPSA) is 151 Å². The first-order valence-corrected chi connectivity index (χ1v) is 11.9. The number of primary sulfonamides is 1. The molecule has 2 fully saturated rings. The monoisotopic (exact) mass is 444 g/mol. The van der Waals surface area contributed by atoms with E-state index in [-0.39, 0.29) is 16.8 Å². The van der Waals surface area contributed by atoms with Crippen LogP contribution in [0.1, 0.15) is 37.7 Å². The minimum atomic E-state index is -3.77. The van der Waals surface area contributed by atoms with Gasteiger partial charge in [0.2, 0.25) is 21.9 Å². The maximum atomic E-state index is 13.0. The van der Waals surface area contributed by atoms with E-state index in [1.54, 1.807) is 18.3 Å². The number of amides is 1. The molecule has 1 aromatic heterocycles. The number of nitrogens with zero attached hydrogens (tertiary/aromatic N) is 3. The average molecular weight is 445 g/mol. The van der Waals surface area contributed by atoms with E-state index in [4.69, 9.17) is 10.1 Å². The Morgan fingerprint density at radius 2 is 1.90 bits per heavy atom. The maximum Gasteiger partial charge on any atom is 0.247 e. The molecule has 1 aromatic carbocycles. The highest BCUT2D eigenvalue weighted by molar-refractivity contribution is 7.89. The second-order valence-corrected chi connectivity index (χ2v) is 9.95. The van der Waals surface area contributed by atoms with Crippen LogP contribution in [-0.2, 0) is 21.2 Å². The molecule has 1 saturated heterocycles. The van der Waals surface area contributed by atoms with Crippen molar-refractivity contribution in [1.82, 2.24) is 15.3 Å². The van der Waals surface area contributed by atoms with E-state index in [1.807, 2.05) is 4.90 Å². The minimum Gasteiger partial charge on any atom is -0.372 e. The lowest BCUT2D eigenvalue weighted by atomic mass is 9.77. The smallest absolute Gasteiger partial charge is 0.247 e. The Morgan fingerprint density at radius 1 is 1.19 bits per heavy atom. The molecule has 1 aliphatic carbocycles. The van der Waals surface area contributed by atoms with Crippen molar-refractivity contribution in [3.63, 3.8) is 0 Å². The maximum absolute atomic E-state index is 13.0. The largest absolute Gasteiger partial charge is 0.372 e. The van der Waals surface area contributed by atoms with E-state index in [0.717, 1.165) is 37.7 Å². The van der Waals surface area contributed by atoms with Crippen LogP contribution in [0, 0.1) is 0 Å². The molecule has 164 valence electrons. The Labute approximate surface area is 179 Å². The molecule has 2 aliphatic heterocycles. The van der Waals surface area contributed by atoms with E-state index in [9.17, 15) is 18.3 Å². The van der Waals surface area contributed by atoms with Gasteiger partial charge in [-0.05, 0) is 37.1 Å². The predicted octanol–water partition coefficient (Wildman–Crippen LogP) is 0.750. The van der Waals surface area contributed by atoms with Crippen molar-refractivity contribution < 1.29 is 18.3 Å². The lowest BCUT2D eigenvalue weighted by Crippen LogP contribution is -2.72. The van der Waals surface area contributed by atoms with Crippen molar-refractivity contribution in [3.05, 3.63) is 36.0 Å². The number of nitrogens with two attached hydrogens (primary N) is 1. The number of hydrogen-bond acceptors (Lipinski definition) is 8. The zero-order chi connectivity index (χ0) is 21.8. The number of carbonyl (C=O) groups excluding carboxylic acids is 1. The summed E-state index contributed by atoms with van der Waals surface area (Å²) in [5, 5.41) is 21.5. The third kappa shape index (κ3) is 3.33. The Hall–Kier alpha value is -2.76. The molecule has 2 unspecified atom stereocenters. The second kappa shape index (κ2) is 7.14. The molecule has 1 amide bonds. The third-order valence-electron chi connectivity index (χ3n) is 6.48. The molecule has 0 radical (unpaired) electrons. The van der Waals surface area contributed by atoms with Gasteiger partial charge < -0.3 is 20.6 Å². The van der Waals surface area contributed by atoms with Crippen LogP contribution in [0.15, 0.2) is 35.4 Å². The number of aliphatic hydroxyl groups excluding tert-OH is 1. The molecule has 3 heterocycles. The van der Waals surface area contributed by atoms with Gasteiger partial charge in [0.15, 0.2) is 0 Å². The fraction of sp³-hybridized carbons (Fsp3) is 0.450. The lowest BCUT2D eigenvalue weighted by molar-refractivity contribution is -0.135. The highest BCUT2D eigenvalue weighted by Gasteiger charge is 2.56. The molecular formula is C20H24N6O4S. The average Bonchev–Trinajstić information content (AvgIpc) is 3.13. The van der Waals surface area contributed by atoms with Crippen LogP contribution in [0.3, 0.4) is 0 Å². The van der Waals surface area contributed by atoms with Gasteiger partial charge >= 0.3 is 0 Å². The number of hydrogen-bond donors (Lipinski definition) is 4. The molecule has 2 aromatic rings. The fourth-order valence-corrected chi connectivity index (χ4v) is 5.51. The zero-order valence-electron chi connectivity index (χ0n) is 16.8. The summed E-state index contributed by atoms with van der Waals surface area (Å²) >= 11 is 0. The number of aliphatic hydroxyl groups is 1. The molecule has 1 spiro atoms. The van der Waals surface area contributed by atoms with Crippen molar-refractivity contribution in [2.24, 2.45) is 5.14 Å². The Morgan fingerprint density at radius 3 is 2.58 bits per heavy atom. The first-order chi connectivity index (χ1) is 14.8. The summed E-state index contributed by atoms with van der Waals surface area (Å²) in [7, 11) is -3.77. The molecule has 5 N–H and O–H groups in total. The third-order valence-corrected chi connectivity index (χ3v) is 7.41. The summed E-state index contributed by atoms with van der Waals surface area (Å²) in [5.41, 5.74) is 0.794. The molecule has 0 bridgehead atoms. The van der Waals surface area contributed by atoms with E-state index in [0.29, 0.717) is 23.9 Å². The summed E-state index contributed by atoms with van der Waals surface area (Å²) in [6, 6.07) is 5.71. The Bertz CT molecular complexity index is 1130. The Balaban J connectivity index is 1.48. The molecule has 2 atom stereocenters. The fourth-order valence-electron chi connectivity index (χ4n) is 4.99. The number of rotatable bonds is 3. The van der Waals surface area contributed by atoms with Crippen LogP contribution in [0.2, 0.25) is 0 Å². The SMILES string of the molecule is NS(=O)(=O)c1ccc(Nc2ncc3c(n2)N2C(C3)C(O)NC(=O)C23CCCCC3)cc1. The van der Waals surface area contributed by atoms with Crippen LogP contribution in [0.25, 0.3) is 0 Å². The zero-order valence-corrected chi connectivity index (χ0v) is 17.6. The van der Waals surface area contributed by atoms with Crippen LogP contribution in [0.5, 0.6) is 0 Å². The van der Waals surface area contributed by atoms with E-state index < -0.39 is 21.8 Å². The second-order valence-electron chi connectivity index (χ2n) is 8.39. The molecule has 5 rings (SSSR count). The van der Waals surface area contributed by atoms with Gasteiger partial charge in [0.05, 0.1) is 10.9 Å². The van der Waals surface area contributed by atoms with Crippen molar-refractivity contribution in [2.45, 2.75) is 61.2 Å². The lowest BCUT2D eigenvalue weighted by Gasteiger charge is -2.51. The first-order valence-electron chi connectivity index (χ1n) is 10.3. The predicted molar refractivity (Wildman–Crippen MR) is 113 cm³/mol. The molecule has 10 nitrogen and oxygen atoms in total. The van der Waals surface area contributed by atoms with Gasteiger partial charge in [-0.15, -0.1) is 0 Å². The van der Waals surface area contributed by atoms with Gasteiger partial charge in [-0.25, -0.2) is 18.5 Å². The number of nitrogens with one attached hydrogen (secondary N) is 2. The van der Waals surface area contributed by atoms with Crippen molar-refractivity contribution in [2.75, 3.05) is 10.2 Å². The van der Waals surface area contributed by atoms with Gasteiger partial charge in [0, 0.05) is 23.9 Å². The highest BCUT2D eigenvalue weighted by Crippen LogP contribution is 2.46. The van der Waals surface area contributed by atoms with Crippen molar-refractivity contribution in [1.29, 1.82) is 0 Å². The summed E-state index contributed by atoms with van der Waals surface area (Å²) in [5.74, 6) is 0.851. The summed E-state index contributed by atoms with van der Waals surface area (Å²) < 4.78 is 22.9. The molecule has 11 heteroatoms. The number of aromatic nitrogens is 2. The van der Waals surface area contributed by atoms with Gasteiger partial charge in [0.1, 0.15) is 17.6 Å². The van der Waals surface area contributed by atoms with Crippen molar-refractivity contribution >= 4 is 33.4 Å². The number of fused-ring (bicyclic) bond motifs is 4. The van der Waals surface area contributed by atoms with E-state index >= 15 is 0 Å². The molecule has 1 saturated carbocycles. The van der Waals surface area contributed by atoms with Gasteiger partial charge in [-0.1, -0.05) is 19.3 Å². The van der Waals surface area contributed by atoms with Crippen LogP contribution < -0.4 is 20.7 Å². The van der Waals surface area contributed by atoms with Crippen LogP contribution in [-0.4, -0.2) is 47.2 Å². The number of benzene rings is 1. The number of sulfonamides is 1. The summed E-state index contributed by atoms with van der Waals surface area (Å²) in [6.07, 6.45) is 5.76. The first kappa shape index (κ1) is 20.2. The highest BCUT2D eigenvalue weighted by atomic mass is 32.2. The number of carbonyl (C=O) groups is 1. The summed E-state index contributed by atoms with van der Waals surface area (Å²) in [6.45, 7) is 0. The van der Waals surface area contributed by atoms with E-state index in [1.165, 1.54) is 12.1 Å². The van der Waals surface area contributed by atoms with E-state index in [2.05, 4.69) is 15.6 Å². The quantitative estimate of drug-likeness (QED) is 0.541. The minimum absolute atomic E-state index is 0.0170. The molecule has 31 heavy (non-hydrogen) atoms. The van der Waals surface area contributed by atoms with Crippen LogP contribution >= 0.6 is 0 Å².